The molecule has 5 rings (SSSR count). The largest absolute Gasteiger partial charge is 0.416 e. The van der Waals surface area contributed by atoms with Crippen molar-refractivity contribution in [3.63, 3.8) is 0 Å². The number of rotatable bonds is 1. The molecule has 0 spiro atoms. The highest BCUT2D eigenvalue weighted by atomic mass is 19.4. The van der Waals surface area contributed by atoms with Crippen LogP contribution >= 0.6 is 0 Å². The van der Waals surface area contributed by atoms with Crippen LogP contribution in [0.3, 0.4) is 0 Å². The summed E-state index contributed by atoms with van der Waals surface area (Å²) in [6, 6.07) is 5.73. The van der Waals surface area contributed by atoms with Gasteiger partial charge in [-0.2, -0.15) is 13.2 Å². The van der Waals surface area contributed by atoms with Gasteiger partial charge < -0.3 is 5.11 Å². The van der Waals surface area contributed by atoms with Crippen molar-refractivity contribution in [1.82, 2.24) is 0 Å². The van der Waals surface area contributed by atoms with Gasteiger partial charge in [0, 0.05) is 12.3 Å². The van der Waals surface area contributed by atoms with Gasteiger partial charge >= 0.3 is 6.18 Å². The highest BCUT2D eigenvalue weighted by Crippen LogP contribution is 2.63. The number of carbonyl (C=O) groups is 1. The summed E-state index contributed by atoms with van der Waals surface area (Å²) in [7, 11) is 0. The first-order chi connectivity index (χ1) is 15.6. The first-order valence-electron chi connectivity index (χ1n) is 11.8. The van der Waals surface area contributed by atoms with E-state index in [1.54, 1.807) is 13.0 Å². The SMILES string of the molecule is C#CC.CC12CC(c3cccc(C(F)(F)F)c3)C3=C4CCC(=O)C=C4CCC3C1CCC2O. The van der Waals surface area contributed by atoms with E-state index in [0.29, 0.717) is 30.7 Å². The number of hydrogen-bond donors (Lipinski definition) is 1. The van der Waals surface area contributed by atoms with Crippen LogP contribution in [-0.4, -0.2) is 17.0 Å². The van der Waals surface area contributed by atoms with Crippen LogP contribution in [0.5, 0.6) is 0 Å². The van der Waals surface area contributed by atoms with Gasteiger partial charge in [0.2, 0.25) is 0 Å². The molecule has 5 atom stereocenters. The maximum Gasteiger partial charge on any atom is 0.416 e. The topological polar surface area (TPSA) is 37.3 Å². The lowest BCUT2D eigenvalue weighted by molar-refractivity contribution is -0.137. The molecule has 5 unspecified atom stereocenters. The predicted molar refractivity (Wildman–Crippen MR) is 122 cm³/mol. The number of allylic oxidation sites excluding steroid dienone is 4. The van der Waals surface area contributed by atoms with Crippen LogP contribution in [-0.2, 0) is 11.0 Å². The second-order valence-corrected chi connectivity index (χ2v) is 10.1. The van der Waals surface area contributed by atoms with Crippen molar-refractivity contribution >= 4 is 5.78 Å². The number of terminal acetylenes is 1. The number of alkyl halides is 3. The number of hydrogen-bond acceptors (Lipinski definition) is 2. The molecule has 0 aliphatic heterocycles. The van der Waals surface area contributed by atoms with Gasteiger partial charge in [-0.25, -0.2) is 0 Å². The van der Waals surface area contributed by atoms with Crippen molar-refractivity contribution in [1.29, 1.82) is 0 Å². The second-order valence-electron chi connectivity index (χ2n) is 10.1. The summed E-state index contributed by atoms with van der Waals surface area (Å²) in [6.45, 7) is 3.78. The zero-order valence-electron chi connectivity index (χ0n) is 19.2. The summed E-state index contributed by atoms with van der Waals surface area (Å²) in [5.41, 5.74) is 3.37. The summed E-state index contributed by atoms with van der Waals surface area (Å²) < 4.78 is 40.3. The van der Waals surface area contributed by atoms with Gasteiger partial charge in [-0.3, -0.25) is 4.79 Å². The summed E-state index contributed by atoms with van der Waals surface area (Å²) in [5, 5.41) is 10.8. The van der Waals surface area contributed by atoms with E-state index in [4.69, 9.17) is 0 Å². The average molecular weight is 457 g/mol. The van der Waals surface area contributed by atoms with Gasteiger partial charge in [-0.05, 0) is 91.6 Å². The number of aliphatic hydroxyl groups is 1. The molecule has 2 nitrogen and oxygen atoms in total. The van der Waals surface area contributed by atoms with Gasteiger partial charge in [0.1, 0.15) is 0 Å². The second kappa shape index (κ2) is 8.80. The summed E-state index contributed by atoms with van der Waals surface area (Å²) in [5.74, 6) is 2.90. The monoisotopic (exact) mass is 456 g/mol. The summed E-state index contributed by atoms with van der Waals surface area (Å²) >= 11 is 0. The van der Waals surface area contributed by atoms with Crippen molar-refractivity contribution in [3.05, 3.63) is 58.2 Å². The zero-order chi connectivity index (χ0) is 24.0. The third-order valence-corrected chi connectivity index (χ3v) is 8.30. The van der Waals surface area contributed by atoms with Crippen LogP contribution in [0.25, 0.3) is 0 Å². The van der Waals surface area contributed by atoms with E-state index in [1.165, 1.54) is 23.3 Å². The third kappa shape index (κ3) is 4.19. The molecule has 0 aromatic heterocycles. The van der Waals surface area contributed by atoms with E-state index >= 15 is 0 Å². The fourth-order valence-electron chi connectivity index (χ4n) is 6.86. The molecule has 176 valence electrons. The molecule has 5 heteroatoms. The lowest BCUT2D eigenvalue weighted by atomic mass is 9.53. The lowest BCUT2D eigenvalue weighted by Crippen LogP contribution is -2.45. The van der Waals surface area contributed by atoms with Crippen LogP contribution in [0.4, 0.5) is 13.2 Å². The molecule has 1 aromatic rings. The number of fused-ring (bicyclic) bond motifs is 4. The Balaban J connectivity index is 0.000000821. The Bertz CT molecular complexity index is 1040. The van der Waals surface area contributed by atoms with E-state index in [2.05, 4.69) is 19.3 Å². The molecule has 0 bridgehead atoms. The fourth-order valence-corrected chi connectivity index (χ4v) is 6.86. The smallest absolute Gasteiger partial charge is 0.393 e. The standard InChI is InChI=1S/C25H27F3O2.C3H4/c1-24-13-20(14-3-2-4-16(11-14)25(26,27)28)23-18-8-6-17(29)12-15(18)5-7-19(23)21(24)9-10-22(24)30;1-3-2/h2-4,11-12,19-22,30H,5-10,13H2,1H3;1H,2H3. The minimum atomic E-state index is -4.38. The molecule has 4 aliphatic carbocycles. The van der Waals surface area contributed by atoms with E-state index in [9.17, 15) is 23.1 Å². The van der Waals surface area contributed by atoms with Crippen LogP contribution in [0.2, 0.25) is 0 Å². The van der Waals surface area contributed by atoms with Crippen LogP contribution in [0.1, 0.15) is 75.8 Å². The minimum Gasteiger partial charge on any atom is -0.393 e. The Hall–Kier alpha value is -2.32. The molecule has 33 heavy (non-hydrogen) atoms. The Morgan fingerprint density at radius 3 is 2.58 bits per heavy atom. The Morgan fingerprint density at radius 2 is 1.88 bits per heavy atom. The van der Waals surface area contributed by atoms with Crippen LogP contribution in [0, 0.1) is 29.6 Å². The fraction of sp³-hybridized carbons (Fsp3) is 0.536. The average Bonchev–Trinajstić information content (AvgIpc) is 3.07. The first-order valence-corrected chi connectivity index (χ1v) is 11.8. The molecule has 0 radical (unpaired) electrons. The molecular formula is C28H31F3O2. The molecule has 2 saturated carbocycles. The van der Waals surface area contributed by atoms with Crippen molar-refractivity contribution in [2.24, 2.45) is 17.3 Å². The molecular weight excluding hydrogens is 425 g/mol. The van der Waals surface area contributed by atoms with E-state index in [-0.39, 0.29) is 23.0 Å². The highest BCUT2D eigenvalue weighted by molar-refractivity contribution is 5.93. The van der Waals surface area contributed by atoms with Gasteiger partial charge in [-0.15, -0.1) is 12.3 Å². The molecule has 0 heterocycles. The normalized spacial score (nSPS) is 33.1. The van der Waals surface area contributed by atoms with Crippen molar-refractivity contribution < 1.29 is 23.1 Å². The van der Waals surface area contributed by atoms with Gasteiger partial charge in [0.15, 0.2) is 5.78 Å². The quantitative estimate of drug-likeness (QED) is 0.483. The van der Waals surface area contributed by atoms with E-state index in [0.717, 1.165) is 37.3 Å². The van der Waals surface area contributed by atoms with E-state index < -0.39 is 17.8 Å². The number of ketones is 1. The first kappa shape index (κ1) is 23.8. The Kier molecular flexibility index (Phi) is 6.35. The van der Waals surface area contributed by atoms with Crippen molar-refractivity contribution in [3.8, 4) is 12.3 Å². The highest BCUT2D eigenvalue weighted by Gasteiger charge is 2.56. The van der Waals surface area contributed by atoms with Crippen molar-refractivity contribution in [2.75, 3.05) is 0 Å². The van der Waals surface area contributed by atoms with E-state index in [1.807, 2.05) is 6.07 Å². The third-order valence-electron chi connectivity index (χ3n) is 8.30. The minimum absolute atomic E-state index is 0.141. The zero-order valence-corrected chi connectivity index (χ0v) is 19.2. The van der Waals surface area contributed by atoms with Gasteiger partial charge in [-0.1, -0.05) is 30.7 Å². The van der Waals surface area contributed by atoms with Crippen LogP contribution < -0.4 is 0 Å². The molecule has 4 aliphatic rings. The number of aliphatic hydroxyl groups excluding tert-OH is 1. The maximum absolute atomic E-state index is 13.4. The molecule has 1 aromatic carbocycles. The number of carbonyl (C=O) groups excluding carboxylic acids is 1. The number of benzene rings is 1. The lowest BCUT2D eigenvalue weighted by Gasteiger charge is -2.52. The Labute approximate surface area is 194 Å². The Morgan fingerprint density at radius 1 is 1.15 bits per heavy atom. The van der Waals surface area contributed by atoms with Crippen molar-refractivity contribution in [2.45, 2.75) is 77.0 Å². The molecule has 1 N–H and O–H groups in total. The van der Waals surface area contributed by atoms with Gasteiger partial charge in [0.25, 0.3) is 0 Å². The molecule has 0 saturated heterocycles. The molecule has 2 fully saturated rings. The summed E-state index contributed by atoms with van der Waals surface area (Å²) in [4.78, 5) is 12.0. The molecule has 0 amide bonds. The van der Waals surface area contributed by atoms with Crippen LogP contribution in [0.15, 0.2) is 47.1 Å². The predicted octanol–water partition coefficient (Wildman–Crippen LogP) is 6.61. The number of halogens is 3. The maximum atomic E-state index is 13.4. The van der Waals surface area contributed by atoms with Gasteiger partial charge in [0.05, 0.1) is 11.7 Å². The summed E-state index contributed by atoms with van der Waals surface area (Å²) in [6.07, 6.45) is 6.91.